The number of carbonyl (C=O) groups is 1. The Balaban J connectivity index is 1.30. The summed E-state index contributed by atoms with van der Waals surface area (Å²) >= 11 is 1.47. The van der Waals surface area contributed by atoms with Gasteiger partial charge in [-0.25, -0.2) is 9.97 Å². The maximum atomic E-state index is 12.4. The van der Waals surface area contributed by atoms with E-state index in [4.69, 9.17) is 23.6 Å². The molecule has 1 N–H and O–H groups in total. The molecule has 0 radical (unpaired) electrons. The molecule has 2 aliphatic rings. The molecule has 0 spiro atoms. The molecule has 4 rings (SSSR count). The second-order valence-electron chi connectivity index (χ2n) is 7.80. The Bertz CT molecular complexity index is 899. The molecule has 4 heterocycles. The number of thioether (sulfide) groups is 1. The first-order valence-electron chi connectivity index (χ1n) is 11.2. The lowest BCUT2D eigenvalue weighted by molar-refractivity contribution is 0.0382. The second-order valence-corrected chi connectivity index (χ2v) is 8.74. The molecule has 2 fully saturated rings. The molecule has 33 heavy (non-hydrogen) atoms. The molecule has 0 unspecified atom stereocenters. The predicted octanol–water partition coefficient (Wildman–Crippen LogP) is 1.41. The van der Waals surface area contributed by atoms with E-state index in [1.807, 2.05) is 12.1 Å². The Morgan fingerprint density at radius 1 is 1.12 bits per heavy atom. The summed E-state index contributed by atoms with van der Waals surface area (Å²) in [7, 11) is 1.65. The van der Waals surface area contributed by atoms with Gasteiger partial charge in [-0.15, -0.1) is 0 Å². The highest BCUT2D eigenvalue weighted by molar-refractivity contribution is 7.98. The minimum absolute atomic E-state index is 0.201. The van der Waals surface area contributed by atoms with Crippen molar-refractivity contribution in [2.75, 3.05) is 77.7 Å². The van der Waals surface area contributed by atoms with Crippen molar-refractivity contribution in [2.24, 2.45) is 0 Å². The zero-order valence-electron chi connectivity index (χ0n) is 19.0. The molecule has 0 saturated carbocycles. The maximum absolute atomic E-state index is 12.4. The summed E-state index contributed by atoms with van der Waals surface area (Å²) in [5, 5.41) is 3.57. The molecule has 2 aromatic rings. The quantitative estimate of drug-likeness (QED) is 0.399. The van der Waals surface area contributed by atoms with Crippen LogP contribution in [0.1, 0.15) is 22.0 Å². The smallest absolute Gasteiger partial charge is 0.287 e. The average molecular weight is 478 g/mol. The summed E-state index contributed by atoms with van der Waals surface area (Å²) in [6.45, 7) is 8.09. The van der Waals surface area contributed by atoms with Crippen molar-refractivity contribution in [3.63, 3.8) is 0 Å². The number of furan rings is 1. The van der Waals surface area contributed by atoms with Crippen molar-refractivity contribution in [3.05, 3.63) is 35.4 Å². The van der Waals surface area contributed by atoms with Gasteiger partial charge in [0.25, 0.3) is 5.91 Å². The van der Waals surface area contributed by atoms with Gasteiger partial charge in [-0.05, 0) is 12.1 Å². The average Bonchev–Trinajstić information content (AvgIpc) is 3.33. The lowest BCUT2D eigenvalue weighted by atomic mass is 10.3. The van der Waals surface area contributed by atoms with Crippen LogP contribution in [-0.4, -0.2) is 93.6 Å². The predicted molar refractivity (Wildman–Crippen MR) is 124 cm³/mol. The minimum Gasteiger partial charge on any atom is -0.455 e. The number of aromatic nitrogens is 2. The number of carbonyl (C=O) groups excluding carboxylic acids is 1. The number of hydrogen-bond donors (Lipinski definition) is 1. The summed E-state index contributed by atoms with van der Waals surface area (Å²) in [4.78, 5) is 26.2. The molecule has 0 aliphatic carbocycles. The van der Waals surface area contributed by atoms with Gasteiger partial charge in [-0.1, -0.05) is 11.8 Å². The normalized spacial score (nSPS) is 17.3. The monoisotopic (exact) mass is 477 g/mol. The zero-order chi connectivity index (χ0) is 22.9. The van der Waals surface area contributed by atoms with Crippen molar-refractivity contribution >= 4 is 23.5 Å². The number of hydrogen-bond acceptors (Lipinski definition) is 10. The van der Waals surface area contributed by atoms with Gasteiger partial charge in [0.15, 0.2) is 10.9 Å². The number of rotatable bonds is 10. The summed E-state index contributed by atoms with van der Waals surface area (Å²) in [6.07, 6.45) is 0. The molecule has 11 heteroatoms. The molecule has 2 saturated heterocycles. The van der Waals surface area contributed by atoms with E-state index in [0.29, 0.717) is 48.8 Å². The van der Waals surface area contributed by atoms with Gasteiger partial charge in [0.2, 0.25) is 0 Å². The number of amides is 1. The van der Waals surface area contributed by atoms with Gasteiger partial charge in [0, 0.05) is 52.4 Å². The van der Waals surface area contributed by atoms with Crippen LogP contribution < -0.4 is 10.2 Å². The largest absolute Gasteiger partial charge is 0.455 e. The first-order valence-corrected chi connectivity index (χ1v) is 12.2. The van der Waals surface area contributed by atoms with E-state index in [-0.39, 0.29) is 5.91 Å². The van der Waals surface area contributed by atoms with Crippen LogP contribution in [0, 0.1) is 0 Å². The van der Waals surface area contributed by atoms with E-state index < -0.39 is 0 Å². The minimum atomic E-state index is -0.201. The Labute approximate surface area is 198 Å². The van der Waals surface area contributed by atoms with E-state index in [9.17, 15) is 4.79 Å². The summed E-state index contributed by atoms with van der Waals surface area (Å²) in [5.74, 6) is 2.22. The number of ether oxygens (including phenoxy) is 3. The van der Waals surface area contributed by atoms with Crippen LogP contribution in [0.4, 0.5) is 5.82 Å². The van der Waals surface area contributed by atoms with Crippen LogP contribution in [0.25, 0.3) is 0 Å². The fraction of sp³-hybridized carbons (Fsp3) is 0.591. The first-order chi connectivity index (χ1) is 16.2. The molecule has 10 nitrogen and oxygen atoms in total. The van der Waals surface area contributed by atoms with Crippen LogP contribution in [-0.2, 0) is 26.6 Å². The summed E-state index contributed by atoms with van der Waals surface area (Å²) < 4.78 is 21.8. The van der Waals surface area contributed by atoms with Gasteiger partial charge < -0.3 is 28.8 Å². The van der Waals surface area contributed by atoms with Crippen molar-refractivity contribution < 1.29 is 23.4 Å². The van der Waals surface area contributed by atoms with Gasteiger partial charge in [-0.2, -0.15) is 0 Å². The summed E-state index contributed by atoms with van der Waals surface area (Å²) in [5.41, 5.74) is 0.830. The zero-order valence-corrected chi connectivity index (χ0v) is 19.8. The van der Waals surface area contributed by atoms with Crippen LogP contribution in [0.15, 0.2) is 27.8 Å². The SMILES string of the molecule is COCc1cc(N2CCOCC2)nc(SCc2ccc(C(=O)NCCN3CCOCC3)o2)n1. The van der Waals surface area contributed by atoms with Crippen molar-refractivity contribution in [1.29, 1.82) is 0 Å². The molecular formula is C22H31N5O5S. The molecule has 2 aliphatic heterocycles. The van der Waals surface area contributed by atoms with E-state index in [0.717, 1.165) is 57.4 Å². The third-order valence-electron chi connectivity index (χ3n) is 5.42. The standard InChI is InChI=1S/C22H31N5O5S/c1-29-15-17-14-20(27-8-12-31-13-9-27)25-22(24-17)33-16-18-2-3-19(32-18)21(28)23-4-5-26-6-10-30-11-7-26/h2-3,14H,4-13,15-16H2,1H3,(H,23,28). The van der Waals surface area contributed by atoms with Gasteiger partial charge in [0.05, 0.1) is 44.5 Å². The molecule has 1 amide bonds. The molecule has 0 aromatic carbocycles. The lowest BCUT2D eigenvalue weighted by Crippen LogP contribution is -2.41. The Hall–Kier alpha value is -2.18. The van der Waals surface area contributed by atoms with Crippen LogP contribution in [0.5, 0.6) is 0 Å². The third-order valence-corrected chi connectivity index (χ3v) is 6.29. The molecule has 2 aromatic heterocycles. The number of anilines is 1. The van der Waals surface area contributed by atoms with Gasteiger partial charge >= 0.3 is 0 Å². The van der Waals surface area contributed by atoms with Crippen molar-refractivity contribution in [1.82, 2.24) is 20.2 Å². The van der Waals surface area contributed by atoms with Crippen molar-refractivity contribution in [3.8, 4) is 0 Å². The number of nitrogens with zero attached hydrogens (tertiary/aromatic N) is 4. The van der Waals surface area contributed by atoms with Gasteiger partial charge in [-0.3, -0.25) is 9.69 Å². The van der Waals surface area contributed by atoms with E-state index in [1.54, 1.807) is 13.2 Å². The highest BCUT2D eigenvalue weighted by atomic mass is 32.2. The number of nitrogens with one attached hydrogen (secondary N) is 1. The Kier molecular flexibility index (Phi) is 8.95. The fourth-order valence-corrected chi connectivity index (χ4v) is 4.42. The lowest BCUT2D eigenvalue weighted by Gasteiger charge is -2.28. The van der Waals surface area contributed by atoms with Gasteiger partial charge in [0.1, 0.15) is 11.6 Å². The molecular weight excluding hydrogens is 446 g/mol. The van der Waals surface area contributed by atoms with E-state index >= 15 is 0 Å². The molecule has 0 atom stereocenters. The number of morpholine rings is 2. The molecule has 180 valence electrons. The first kappa shape index (κ1) is 24.0. The van der Waals surface area contributed by atoms with Crippen molar-refractivity contribution in [2.45, 2.75) is 17.5 Å². The number of methoxy groups -OCH3 is 1. The Morgan fingerprint density at radius 3 is 2.64 bits per heavy atom. The van der Waals surface area contributed by atoms with Crippen LogP contribution in [0.2, 0.25) is 0 Å². The Morgan fingerprint density at radius 2 is 1.88 bits per heavy atom. The van der Waals surface area contributed by atoms with E-state index in [1.165, 1.54) is 11.8 Å². The van der Waals surface area contributed by atoms with E-state index in [2.05, 4.69) is 20.1 Å². The highest BCUT2D eigenvalue weighted by Crippen LogP contribution is 2.24. The van der Waals surface area contributed by atoms with Crippen LogP contribution in [0.3, 0.4) is 0 Å². The molecule has 0 bridgehead atoms. The maximum Gasteiger partial charge on any atom is 0.287 e. The summed E-state index contributed by atoms with van der Waals surface area (Å²) in [6, 6.07) is 5.50. The fourth-order valence-electron chi connectivity index (χ4n) is 3.65. The highest BCUT2D eigenvalue weighted by Gasteiger charge is 2.17. The topological polar surface area (TPSA) is 102 Å². The third kappa shape index (κ3) is 7.15. The second kappa shape index (κ2) is 12.3. The van der Waals surface area contributed by atoms with Crippen LogP contribution >= 0.6 is 11.8 Å².